The van der Waals surface area contributed by atoms with Gasteiger partial charge in [-0.3, -0.25) is 0 Å². The first kappa shape index (κ1) is 9.67. The fourth-order valence-electron chi connectivity index (χ4n) is 1.14. The van der Waals surface area contributed by atoms with Crippen LogP contribution in [0.2, 0.25) is 5.02 Å². The minimum absolute atomic E-state index is 0.0600. The quantitative estimate of drug-likeness (QED) is 0.840. The van der Waals surface area contributed by atoms with Crippen LogP contribution in [0.25, 0.3) is 5.82 Å². The van der Waals surface area contributed by atoms with Crippen molar-refractivity contribution in [3.8, 4) is 5.82 Å². The molecule has 2 heterocycles. The van der Waals surface area contributed by atoms with Crippen LogP contribution in [-0.2, 0) is 0 Å². The standard InChI is InChI=1S/C9H6ClN3O2/c10-6-1-2-8(11-5-6)13-7(9(14)15)3-4-12-13/h1-5H,(H,14,15). The van der Waals surface area contributed by atoms with Gasteiger partial charge in [0.05, 0.1) is 11.2 Å². The first-order valence-electron chi connectivity index (χ1n) is 4.08. The summed E-state index contributed by atoms with van der Waals surface area (Å²) in [6, 6.07) is 4.62. The Morgan fingerprint density at radius 2 is 2.20 bits per heavy atom. The minimum atomic E-state index is -1.05. The second-order valence-electron chi connectivity index (χ2n) is 2.77. The van der Waals surface area contributed by atoms with Crippen LogP contribution < -0.4 is 0 Å². The van der Waals surface area contributed by atoms with E-state index in [0.29, 0.717) is 10.8 Å². The number of aromatic nitrogens is 3. The molecule has 0 amide bonds. The van der Waals surface area contributed by atoms with Gasteiger partial charge in [-0.15, -0.1) is 0 Å². The summed E-state index contributed by atoms with van der Waals surface area (Å²) >= 11 is 5.67. The number of hydrogen-bond acceptors (Lipinski definition) is 3. The Morgan fingerprint density at radius 3 is 2.80 bits per heavy atom. The number of carboxylic acids is 1. The van der Waals surface area contributed by atoms with Gasteiger partial charge in [0.25, 0.3) is 0 Å². The molecule has 1 N–H and O–H groups in total. The lowest BCUT2D eigenvalue weighted by atomic mass is 10.4. The Kier molecular flexibility index (Phi) is 2.39. The highest BCUT2D eigenvalue weighted by atomic mass is 35.5. The average molecular weight is 224 g/mol. The lowest BCUT2D eigenvalue weighted by Crippen LogP contribution is -2.08. The third-order valence-corrected chi connectivity index (χ3v) is 2.01. The second kappa shape index (κ2) is 3.70. The fraction of sp³-hybridized carbons (Fsp3) is 0. The molecule has 0 spiro atoms. The lowest BCUT2D eigenvalue weighted by Gasteiger charge is -2.02. The number of carboxylic acid groups (broad SMARTS) is 1. The van der Waals surface area contributed by atoms with Crippen molar-refractivity contribution in [1.29, 1.82) is 0 Å². The van der Waals surface area contributed by atoms with Gasteiger partial charge in [0.2, 0.25) is 0 Å². The predicted octanol–water partition coefficient (Wildman–Crippen LogP) is 1.62. The Bertz CT molecular complexity index is 492. The highest BCUT2D eigenvalue weighted by molar-refractivity contribution is 6.30. The Morgan fingerprint density at radius 1 is 1.40 bits per heavy atom. The van der Waals surface area contributed by atoms with Crippen LogP contribution in [0.4, 0.5) is 0 Å². The number of aromatic carboxylic acids is 1. The van der Waals surface area contributed by atoms with Gasteiger partial charge in [0.15, 0.2) is 11.5 Å². The Balaban J connectivity index is 2.49. The molecule has 0 saturated carbocycles. The van der Waals surface area contributed by atoms with Crippen molar-refractivity contribution in [3.63, 3.8) is 0 Å². The summed E-state index contributed by atoms with van der Waals surface area (Å²) in [6.45, 7) is 0. The smallest absolute Gasteiger partial charge is 0.354 e. The molecule has 0 aliphatic carbocycles. The highest BCUT2D eigenvalue weighted by Gasteiger charge is 2.11. The van der Waals surface area contributed by atoms with Crippen LogP contribution in [0.15, 0.2) is 30.6 Å². The van der Waals surface area contributed by atoms with E-state index in [-0.39, 0.29) is 5.69 Å². The van der Waals surface area contributed by atoms with E-state index in [1.54, 1.807) is 12.1 Å². The Labute approximate surface area is 89.9 Å². The van der Waals surface area contributed by atoms with Crippen molar-refractivity contribution >= 4 is 17.6 Å². The van der Waals surface area contributed by atoms with Crippen molar-refractivity contribution < 1.29 is 9.90 Å². The maximum atomic E-state index is 10.8. The molecule has 0 aliphatic heterocycles. The summed E-state index contributed by atoms with van der Waals surface area (Å²) in [5.41, 5.74) is 0.0600. The predicted molar refractivity (Wildman–Crippen MR) is 53.3 cm³/mol. The van der Waals surface area contributed by atoms with Crippen molar-refractivity contribution in [2.45, 2.75) is 0 Å². The van der Waals surface area contributed by atoms with E-state index < -0.39 is 5.97 Å². The summed E-state index contributed by atoms with van der Waals surface area (Å²) in [5, 5.41) is 13.2. The maximum Gasteiger partial charge on any atom is 0.354 e. The SMILES string of the molecule is O=C(O)c1ccnn1-c1ccc(Cl)cn1. The third-order valence-electron chi connectivity index (χ3n) is 1.79. The van der Waals surface area contributed by atoms with Crippen molar-refractivity contribution in [1.82, 2.24) is 14.8 Å². The molecule has 0 bridgehead atoms. The van der Waals surface area contributed by atoms with Gasteiger partial charge >= 0.3 is 5.97 Å². The molecular weight excluding hydrogens is 218 g/mol. The molecule has 0 atom stereocenters. The molecule has 0 saturated heterocycles. The number of halogens is 1. The van der Waals surface area contributed by atoms with E-state index in [0.717, 1.165) is 0 Å². The molecule has 6 heteroatoms. The van der Waals surface area contributed by atoms with Gasteiger partial charge in [-0.2, -0.15) is 5.10 Å². The van der Waals surface area contributed by atoms with E-state index in [9.17, 15) is 4.79 Å². The third kappa shape index (κ3) is 1.82. The molecule has 0 unspecified atom stereocenters. The number of nitrogens with zero attached hydrogens (tertiary/aromatic N) is 3. The number of carbonyl (C=O) groups is 1. The van der Waals surface area contributed by atoms with Crippen LogP contribution in [0.5, 0.6) is 0 Å². The van der Waals surface area contributed by atoms with Crippen molar-refractivity contribution in [2.75, 3.05) is 0 Å². The molecule has 0 aliphatic rings. The second-order valence-corrected chi connectivity index (χ2v) is 3.20. The summed E-state index contributed by atoms with van der Waals surface area (Å²) in [6.07, 6.45) is 2.84. The van der Waals surface area contributed by atoms with Gasteiger partial charge in [0.1, 0.15) is 0 Å². The fourth-order valence-corrected chi connectivity index (χ4v) is 1.25. The zero-order valence-corrected chi connectivity index (χ0v) is 8.22. The normalized spacial score (nSPS) is 10.2. The molecule has 15 heavy (non-hydrogen) atoms. The molecule has 2 aromatic rings. The Hall–Kier alpha value is -1.88. The van der Waals surface area contributed by atoms with E-state index in [2.05, 4.69) is 10.1 Å². The van der Waals surface area contributed by atoms with Gasteiger partial charge < -0.3 is 5.11 Å². The van der Waals surface area contributed by atoms with E-state index in [1.165, 1.54) is 23.1 Å². The molecule has 2 aromatic heterocycles. The van der Waals surface area contributed by atoms with Crippen LogP contribution >= 0.6 is 11.6 Å². The number of rotatable bonds is 2. The first-order valence-corrected chi connectivity index (χ1v) is 4.45. The lowest BCUT2D eigenvalue weighted by molar-refractivity contribution is 0.0687. The number of hydrogen-bond donors (Lipinski definition) is 1. The molecule has 76 valence electrons. The van der Waals surface area contributed by atoms with Gasteiger partial charge in [-0.1, -0.05) is 11.6 Å². The zero-order valence-electron chi connectivity index (χ0n) is 7.46. The zero-order chi connectivity index (χ0) is 10.8. The van der Waals surface area contributed by atoms with Crippen LogP contribution in [0, 0.1) is 0 Å². The summed E-state index contributed by atoms with van der Waals surface area (Å²) < 4.78 is 1.23. The van der Waals surface area contributed by atoms with E-state index in [1.807, 2.05) is 0 Å². The molecular formula is C9H6ClN3O2. The summed E-state index contributed by atoms with van der Waals surface area (Å²) in [7, 11) is 0. The van der Waals surface area contributed by atoms with Gasteiger partial charge in [-0.25, -0.2) is 14.5 Å². The maximum absolute atomic E-state index is 10.8. The average Bonchev–Trinajstić information content (AvgIpc) is 2.67. The largest absolute Gasteiger partial charge is 0.477 e. The molecule has 0 fully saturated rings. The van der Waals surface area contributed by atoms with Gasteiger partial charge in [-0.05, 0) is 18.2 Å². The van der Waals surface area contributed by atoms with Crippen LogP contribution in [0.3, 0.4) is 0 Å². The summed E-state index contributed by atoms with van der Waals surface area (Å²) in [4.78, 5) is 14.8. The monoisotopic (exact) mass is 223 g/mol. The highest BCUT2D eigenvalue weighted by Crippen LogP contribution is 2.11. The molecule has 5 nitrogen and oxygen atoms in total. The van der Waals surface area contributed by atoms with E-state index >= 15 is 0 Å². The van der Waals surface area contributed by atoms with Crippen molar-refractivity contribution in [2.24, 2.45) is 0 Å². The molecule has 0 radical (unpaired) electrons. The van der Waals surface area contributed by atoms with Crippen LogP contribution in [-0.4, -0.2) is 25.8 Å². The molecule has 2 rings (SSSR count). The topological polar surface area (TPSA) is 68.0 Å². The minimum Gasteiger partial charge on any atom is -0.477 e. The van der Waals surface area contributed by atoms with Gasteiger partial charge in [0, 0.05) is 6.20 Å². The molecule has 0 aromatic carbocycles. The van der Waals surface area contributed by atoms with E-state index in [4.69, 9.17) is 16.7 Å². The van der Waals surface area contributed by atoms with Crippen LogP contribution in [0.1, 0.15) is 10.5 Å². The first-order chi connectivity index (χ1) is 7.18. The van der Waals surface area contributed by atoms with Crippen molar-refractivity contribution in [3.05, 3.63) is 41.3 Å². The number of pyridine rings is 1. The summed E-state index contributed by atoms with van der Waals surface area (Å²) in [5.74, 6) is -0.633.